The quantitative estimate of drug-likeness (QED) is 0.396. The molecule has 0 radical (unpaired) electrons. The summed E-state index contributed by atoms with van der Waals surface area (Å²) >= 11 is 0. The van der Waals surface area contributed by atoms with Crippen LogP contribution in [0.25, 0.3) is 0 Å². The van der Waals surface area contributed by atoms with Gasteiger partial charge in [0.15, 0.2) is 6.79 Å². The summed E-state index contributed by atoms with van der Waals surface area (Å²) in [5, 5.41) is 0. The molecule has 0 amide bonds. The van der Waals surface area contributed by atoms with E-state index in [1.807, 2.05) is 50.2 Å². The zero-order valence-corrected chi connectivity index (χ0v) is 12.3. The second-order valence-electron chi connectivity index (χ2n) is 4.91. The van der Waals surface area contributed by atoms with Crippen molar-refractivity contribution >= 4 is 11.7 Å². The number of rotatable bonds is 5. The molecule has 0 saturated carbocycles. The fourth-order valence-electron chi connectivity index (χ4n) is 2.00. The molecule has 110 valence electrons. The smallest absolute Gasteiger partial charge is 0.340 e. The Labute approximate surface area is 124 Å². The Balaban J connectivity index is 1.86. The lowest BCUT2D eigenvalue weighted by molar-refractivity contribution is -0.0381. The second kappa shape index (κ2) is 6.90. The van der Waals surface area contributed by atoms with Gasteiger partial charge in [0.05, 0.1) is 12.2 Å². The molecular formula is C17H19NO3. The fourth-order valence-corrected chi connectivity index (χ4v) is 2.00. The van der Waals surface area contributed by atoms with Gasteiger partial charge in [0.2, 0.25) is 0 Å². The highest BCUT2D eigenvalue weighted by molar-refractivity contribution is 5.92. The van der Waals surface area contributed by atoms with E-state index in [2.05, 4.69) is 0 Å². The standard InChI is InChI=1S/C17H19NO3/c1-12-8-13(2)16(18)9-15(12)17(19)21-11-20-10-14-6-4-3-5-7-14/h3-9H,10-11,18H2,1-2H3. The van der Waals surface area contributed by atoms with Gasteiger partial charge in [-0.3, -0.25) is 0 Å². The Morgan fingerprint density at radius 2 is 1.81 bits per heavy atom. The lowest BCUT2D eigenvalue weighted by Gasteiger charge is -2.10. The van der Waals surface area contributed by atoms with E-state index in [0.29, 0.717) is 17.9 Å². The SMILES string of the molecule is Cc1cc(C)c(C(=O)OCOCc2ccccc2)cc1N. The molecule has 0 spiro atoms. The largest absolute Gasteiger partial charge is 0.435 e. The summed E-state index contributed by atoms with van der Waals surface area (Å²) in [6.45, 7) is 4.08. The number of esters is 1. The molecule has 2 aromatic carbocycles. The fraction of sp³-hybridized carbons (Fsp3) is 0.235. The van der Waals surface area contributed by atoms with E-state index in [1.165, 1.54) is 0 Å². The topological polar surface area (TPSA) is 61.5 Å². The van der Waals surface area contributed by atoms with E-state index in [1.54, 1.807) is 6.07 Å². The predicted molar refractivity (Wildman–Crippen MR) is 81.8 cm³/mol. The van der Waals surface area contributed by atoms with Crippen LogP contribution in [0.4, 0.5) is 5.69 Å². The number of nitrogens with two attached hydrogens (primary N) is 1. The molecule has 0 aliphatic rings. The maximum Gasteiger partial charge on any atom is 0.340 e. The van der Waals surface area contributed by atoms with Crippen molar-refractivity contribution in [1.29, 1.82) is 0 Å². The van der Waals surface area contributed by atoms with Gasteiger partial charge < -0.3 is 15.2 Å². The third kappa shape index (κ3) is 4.07. The molecule has 0 bridgehead atoms. The molecule has 0 aliphatic carbocycles. The number of benzene rings is 2. The van der Waals surface area contributed by atoms with Gasteiger partial charge >= 0.3 is 5.97 Å². The molecule has 4 heteroatoms. The Kier molecular flexibility index (Phi) is 4.95. The first-order valence-corrected chi connectivity index (χ1v) is 6.73. The first-order chi connectivity index (χ1) is 10.1. The van der Waals surface area contributed by atoms with Gasteiger partial charge in [0, 0.05) is 5.69 Å². The van der Waals surface area contributed by atoms with Gasteiger partial charge in [-0.15, -0.1) is 0 Å². The number of ether oxygens (including phenoxy) is 2. The minimum absolute atomic E-state index is 0.0824. The maximum atomic E-state index is 12.0. The van der Waals surface area contributed by atoms with E-state index < -0.39 is 5.97 Å². The zero-order chi connectivity index (χ0) is 15.2. The van der Waals surface area contributed by atoms with Crippen molar-refractivity contribution < 1.29 is 14.3 Å². The molecule has 2 aromatic rings. The molecule has 0 aliphatic heterocycles. The van der Waals surface area contributed by atoms with Crippen LogP contribution >= 0.6 is 0 Å². The van der Waals surface area contributed by atoms with Gasteiger partial charge in [-0.25, -0.2) is 4.79 Å². The van der Waals surface area contributed by atoms with Crippen molar-refractivity contribution in [2.75, 3.05) is 12.5 Å². The summed E-state index contributed by atoms with van der Waals surface area (Å²) < 4.78 is 10.4. The van der Waals surface area contributed by atoms with Crippen LogP contribution in [0, 0.1) is 13.8 Å². The number of hydrogen-bond donors (Lipinski definition) is 1. The van der Waals surface area contributed by atoms with Crippen LogP contribution in [0.15, 0.2) is 42.5 Å². The third-order valence-corrected chi connectivity index (χ3v) is 3.22. The van der Waals surface area contributed by atoms with E-state index >= 15 is 0 Å². The summed E-state index contributed by atoms with van der Waals surface area (Å²) in [6.07, 6.45) is 0. The first kappa shape index (κ1) is 15.1. The Morgan fingerprint density at radius 3 is 2.52 bits per heavy atom. The summed E-state index contributed by atoms with van der Waals surface area (Å²) in [6, 6.07) is 13.2. The summed E-state index contributed by atoms with van der Waals surface area (Å²) in [5.74, 6) is -0.424. The van der Waals surface area contributed by atoms with Crippen molar-refractivity contribution in [1.82, 2.24) is 0 Å². The van der Waals surface area contributed by atoms with Crippen LogP contribution in [0.3, 0.4) is 0 Å². The number of aryl methyl sites for hydroxylation is 2. The molecule has 0 aromatic heterocycles. The number of nitrogen functional groups attached to an aromatic ring is 1. The van der Waals surface area contributed by atoms with Gasteiger partial charge in [-0.1, -0.05) is 36.4 Å². The highest BCUT2D eigenvalue weighted by Gasteiger charge is 2.12. The van der Waals surface area contributed by atoms with E-state index in [0.717, 1.165) is 16.7 Å². The predicted octanol–water partition coefficient (Wildman–Crippen LogP) is 3.22. The van der Waals surface area contributed by atoms with Crippen LogP contribution in [0.2, 0.25) is 0 Å². The molecule has 0 unspecified atom stereocenters. The zero-order valence-electron chi connectivity index (χ0n) is 12.3. The number of anilines is 1. The second-order valence-corrected chi connectivity index (χ2v) is 4.91. The van der Waals surface area contributed by atoms with Crippen molar-refractivity contribution in [2.45, 2.75) is 20.5 Å². The molecule has 21 heavy (non-hydrogen) atoms. The molecule has 4 nitrogen and oxygen atoms in total. The molecule has 0 atom stereocenters. The van der Waals surface area contributed by atoms with Gasteiger partial charge in [0.25, 0.3) is 0 Å². The van der Waals surface area contributed by atoms with Crippen LogP contribution < -0.4 is 5.73 Å². The average molecular weight is 285 g/mol. The average Bonchev–Trinajstić information content (AvgIpc) is 2.48. The van der Waals surface area contributed by atoms with E-state index in [4.69, 9.17) is 15.2 Å². The molecular weight excluding hydrogens is 266 g/mol. The Morgan fingerprint density at radius 1 is 1.10 bits per heavy atom. The minimum Gasteiger partial charge on any atom is -0.435 e. The lowest BCUT2D eigenvalue weighted by atomic mass is 10.0. The van der Waals surface area contributed by atoms with Gasteiger partial charge in [-0.05, 0) is 36.6 Å². The normalized spacial score (nSPS) is 10.4. The van der Waals surface area contributed by atoms with Crippen molar-refractivity contribution in [2.24, 2.45) is 0 Å². The summed E-state index contributed by atoms with van der Waals surface area (Å²) in [5.41, 5.74) is 9.70. The molecule has 2 rings (SSSR count). The molecule has 0 fully saturated rings. The van der Waals surface area contributed by atoms with Crippen LogP contribution in [0.5, 0.6) is 0 Å². The first-order valence-electron chi connectivity index (χ1n) is 6.73. The molecule has 0 heterocycles. The Hall–Kier alpha value is -2.33. The van der Waals surface area contributed by atoms with Crippen molar-refractivity contribution in [3.63, 3.8) is 0 Å². The number of hydrogen-bond acceptors (Lipinski definition) is 4. The molecule has 2 N–H and O–H groups in total. The summed E-state index contributed by atoms with van der Waals surface area (Å²) in [7, 11) is 0. The number of carbonyl (C=O) groups excluding carboxylic acids is 1. The monoisotopic (exact) mass is 285 g/mol. The highest BCUT2D eigenvalue weighted by atomic mass is 16.7. The minimum atomic E-state index is -0.424. The maximum absolute atomic E-state index is 12.0. The Bertz CT molecular complexity index is 623. The van der Waals surface area contributed by atoms with Crippen molar-refractivity contribution in [3.8, 4) is 0 Å². The summed E-state index contributed by atoms with van der Waals surface area (Å²) in [4.78, 5) is 12.0. The van der Waals surface area contributed by atoms with Gasteiger partial charge in [-0.2, -0.15) is 0 Å². The van der Waals surface area contributed by atoms with Crippen LogP contribution in [0.1, 0.15) is 27.0 Å². The van der Waals surface area contributed by atoms with Crippen LogP contribution in [-0.4, -0.2) is 12.8 Å². The van der Waals surface area contributed by atoms with E-state index in [9.17, 15) is 4.79 Å². The number of carbonyl (C=O) groups is 1. The van der Waals surface area contributed by atoms with E-state index in [-0.39, 0.29) is 6.79 Å². The molecule has 0 saturated heterocycles. The lowest BCUT2D eigenvalue weighted by Crippen LogP contribution is -2.11. The highest BCUT2D eigenvalue weighted by Crippen LogP contribution is 2.18. The third-order valence-electron chi connectivity index (χ3n) is 3.22. The van der Waals surface area contributed by atoms with Crippen molar-refractivity contribution in [3.05, 3.63) is 64.7 Å². The van der Waals surface area contributed by atoms with Crippen LogP contribution in [-0.2, 0) is 16.1 Å². The van der Waals surface area contributed by atoms with Gasteiger partial charge in [0.1, 0.15) is 0 Å².